The quantitative estimate of drug-likeness (QED) is 0.267. The molecular formula is C22H40IN5O. The molecule has 6 nitrogen and oxygen atoms in total. The standard InChI is InChI=1S/C22H39N5O.HI/c1-5-23-22(24-15-20(17-28)19-9-7-6-8-10-19)25-16-21(18(2)3)27-13-11-26(4)12-14-27;/h6-10,18,20-21,28H,5,11-17H2,1-4H3,(H2,23,24,25);1H. The number of aliphatic hydroxyl groups is 1. The molecule has 2 rings (SSSR count). The number of nitrogens with zero attached hydrogens (tertiary/aromatic N) is 3. The molecule has 0 saturated carbocycles. The smallest absolute Gasteiger partial charge is 0.191 e. The normalized spacial score (nSPS) is 18.2. The zero-order valence-electron chi connectivity index (χ0n) is 18.5. The average molecular weight is 518 g/mol. The Bertz CT molecular complexity index is 576. The zero-order chi connectivity index (χ0) is 20.4. The molecule has 1 aromatic carbocycles. The minimum atomic E-state index is 0. The molecule has 1 fully saturated rings. The molecule has 3 N–H and O–H groups in total. The van der Waals surface area contributed by atoms with E-state index in [9.17, 15) is 5.11 Å². The van der Waals surface area contributed by atoms with Gasteiger partial charge in [-0.05, 0) is 25.5 Å². The van der Waals surface area contributed by atoms with Crippen LogP contribution in [-0.4, -0.2) is 86.4 Å². The molecule has 7 heteroatoms. The van der Waals surface area contributed by atoms with Gasteiger partial charge in [0.05, 0.1) is 13.2 Å². The van der Waals surface area contributed by atoms with Crippen molar-refractivity contribution < 1.29 is 5.11 Å². The van der Waals surface area contributed by atoms with E-state index in [0.717, 1.165) is 50.8 Å². The van der Waals surface area contributed by atoms with Gasteiger partial charge in [0.1, 0.15) is 0 Å². The molecule has 2 atom stereocenters. The van der Waals surface area contributed by atoms with Gasteiger partial charge in [-0.25, -0.2) is 0 Å². The van der Waals surface area contributed by atoms with Crippen molar-refractivity contribution in [2.24, 2.45) is 10.9 Å². The van der Waals surface area contributed by atoms with Crippen molar-refractivity contribution in [1.29, 1.82) is 0 Å². The Morgan fingerprint density at radius 2 is 1.76 bits per heavy atom. The molecule has 0 aromatic heterocycles. The predicted molar refractivity (Wildman–Crippen MR) is 133 cm³/mol. The van der Waals surface area contributed by atoms with Gasteiger partial charge in [0.2, 0.25) is 0 Å². The van der Waals surface area contributed by atoms with Crippen LogP contribution in [0.15, 0.2) is 35.3 Å². The average Bonchev–Trinajstić information content (AvgIpc) is 2.70. The van der Waals surface area contributed by atoms with E-state index >= 15 is 0 Å². The Morgan fingerprint density at radius 1 is 1.10 bits per heavy atom. The highest BCUT2D eigenvalue weighted by Crippen LogP contribution is 2.15. The summed E-state index contributed by atoms with van der Waals surface area (Å²) in [5, 5.41) is 16.6. The van der Waals surface area contributed by atoms with Crippen molar-refractivity contribution in [3.05, 3.63) is 35.9 Å². The van der Waals surface area contributed by atoms with Crippen LogP contribution in [0.3, 0.4) is 0 Å². The molecule has 1 aliphatic heterocycles. The number of nitrogens with one attached hydrogen (secondary N) is 2. The summed E-state index contributed by atoms with van der Waals surface area (Å²) >= 11 is 0. The van der Waals surface area contributed by atoms with Gasteiger partial charge < -0.3 is 20.6 Å². The Morgan fingerprint density at radius 3 is 2.31 bits per heavy atom. The highest BCUT2D eigenvalue weighted by atomic mass is 127. The molecule has 1 aromatic rings. The lowest BCUT2D eigenvalue weighted by Crippen LogP contribution is -2.52. The molecule has 29 heavy (non-hydrogen) atoms. The number of benzene rings is 1. The number of aliphatic imine (C=N–C) groups is 1. The van der Waals surface area contributed by atoms with Crippen molar-refractivity contribution >= 4 is 29.9 Å². The van der Waals surface area contributed by atoms with Crippen molar-refractivity contribution in [1.82, 2.24) is 20.4 Å². The number of hydrogen-bond acceptors (Lipinski definition) is 4. The van der Waals surface area contributed by atoms with Gasteiger partial charge in [-0.15, -0.1) is 24.0 Å². The first-order chi connectivity index (χ1) is 13.5. The Hall–Kier alpha value is -0.900. The molecular weight excluding hydrogens is 477 g/mol. The van der Waals surface area contributed by atoms with E-state index in [1.807, 2.05) is 18.2 Å². The Kier molecular flexibility index (Phi) is 12.8. The van der Waals surface area contributed by atoms with Crippen LogP contribution in [0.4, 0.5) is 0 Å². The lowest BCUT2D eigenvalue weighted by Gasteiger charge is -2.39. The third kappa shape index (κ3) is 8.78. The van der Waals surface area contributed by atoms with Crippen LogP contribution in [-0.2, 0) is 0 Å². The lowest BCUT2D eigenvalue weighted by molar-refractivity contribution is 0.0925. The summed E-state index contributed by atoms with van der Waals surface area (Å²) in [4.78, 5) is 9.86. The molecule has 2 unspecified atom stereocenters. The van der Waals surface area contributed by atoms with E-state index in [-0.39, 0.29) is 36.5 Å². The van der Waals surface area contributed by atoms with Crippen LogP contribution in [0, 0.1) is 5.92 Å². The third-order valence-corrected chi connectivity index (χ3v) is 5.56. The summed E-state index contributed by atoms with van der Waals surface area (Å²) in [7, 11) is 2.19. The first-order valence-corrected chi connectivity index (χ1v) is 10.7. The zero-order valence-corrected chi connectivity index (χ0v) is 20.8. The van der Waals surface area contributed by atoms with E-state index in [1.165, 1.54) is 0 Å². The number of likely N-dealkylation sites (N-methyl/N-ethyl adjacent to an activating group) is 1. The second kappa shape index (κ2) is 14.2. The van der Waals surface area contributed by atoms with Crippen LogP contribution in [0.1, 0.15) is 32.3 Å². The number of rotatable bonds is 9. The van der Waals surface area contributed by atoms with Crippen molar-refractivity contribution in [3.8, 4) is 0 Å². The maximum absolute atomic E-state index is 9.79. The highest BCUT2D eigenvalue weighted by Gasteiger charge is 2.24. The minimum absolute atomic E-state index is 0. The summed E-state index contributed by atoms with van der Waals surface area (Å²) < 4.78 is 0. The summed E-state index contributed by atoms with van der Waals surface area (Å²) in [5.41, 5.74) is 1.14. The van der Waals surface area contributed by atoms with E-state index in [0.29, 0.717) is 18.5 Å². The third-order valence-electron chi connectivity index (χ3n) is 5.56. The van der Waals surface area contributed by atoms with Gasteiger partial charge in [0, 0.05) is 51.2 Å². The van der Waals surface area contributed by atoms with E-state index < -0.39 is 0 Å². The van der Waals surface area contributed by atoms with Gasteiger partial charge in [0.25, 0.3) is 0 Å². The molecule has 1 aliphatic rings. The van der Waals surface area contributed by atoms with Gasteiger partial charge in [-0.1, -0.05) is 44.2 Å². The SMILES string of the molecule is CCNC(=NCC(C(C)C)N1CCN(C)CC1)NCC(CO)c1ccccc1.I. The van der Waals surface area contributed by atoms with Crippen molar-refractivity contribution in [3.63, 3.8) is 0 Å². The maximum Gasteiger partial charge on any atom is 0.191 e. The fraction of sp³-hybridized carbons (Fsp3) is 0.682. The van der Waals surface area contributed by atoms with Crippen molar-refractivity contribution in [2.45, 2.75) is 32.7 Å². The molecule has 0 bridgehead atoms. The first kappa shape index (κ1) is 26.1. The number of guanidine groups is 1. The van der Waals surface area contributed by atoms with Crippen LogP contribution in [0.5, 0.6) is 0 Å². The predicted octanol–water partition coefficient (Wildman–Crippen LogP) is 2.21. The summed E-state index contributed by atoms with van der Waals surface area (Å²) in [5.74, 6) is 1.45. The maximum atomic E-state index is 9.79. The number of aliphatic hydroxyl groups excluding tert-OH is 1. The van der Waals surface area contributed by atoms with E-state index in [4.69, 9.17) is 4.99 Å². The van der Waals surface area contributed by atoms with Crippen molar-refractivity contribution in [2.75, 3.05) is 59.5 Å². The van der Waals surface area contributed by atoms with Crippen LogP contribution in [0.2, 0.25) is 0 Å². The van der Waals surface area contributed by atoms with Crippen LogP contribution < -0.4 is 10.6 Å². The van der Waals surface area contributed by atoms with Gasteiger partial charge in [-0.3, -0.25) is 9.89 Å². The van der Waals surface area contributed by atoms with Gasteiger partial charge >= 0.3 is 0 Å². The molecule has 166 valence electrons. The number of halogens is 1. The second-order valence-corrected chi connectivity index (χ2v) is 8.04. The summed E-state index contributed by atoms with van der Waals surface area (Å²) in [6.45, 7) is 13.5. The molecule has 0 amide bonds. The van der Waals surface area contributed by atoms with Crippen LogP contribution in [0.25, 0.3) is 0 Å². The molecule has 0 spiro atoms. The topological polar surface area (TPSA) is 63.1 Å². The Labute approximate surface area is 194 Å². The minimum Gasteiger partial charge on any atom is -0.396 e. The van der Waals surface area contributed by atoms with E-state index in [2.05, 4.69) is 60.4 Å². The fourth-order valence-electron chi connectivity index (χ4n) is 3.66. The van der Waals surface area contributed by atoms with E-state index in [1.54, 1.807) is 0 Å². The highest BCUT2D eigenvalue weighted by molar-refractivity contribution is 14.0. The molecule has 0 aliphatic carbocycles. The monoisotopic (exact) mass is 517 g/mol. The number of piperazine rings is 1. The second-order valence-electron chi connectivity index (χ2n) is 8.04. The molecule has 1 saturated heterocycles. The molecule has 1 heterocycles. The fourth-order valence-corrected chi connectivity index (χ4v) is 3.66. The first-order valence-electron chi connectivity index (χ1n) is 10.7. The van der Waals surface area contributed by atoms with Crippen LogP contribution >= 0.6 is 24.0 Å². The summed E-state index contributed by atoms with van der Waals surface area (Å²) in [6, 6.07) is 10.6. The lowest BCUT2D eigenvalue weighted by atomic mass is 10.0. The summed E-state index contributed by atoms with van der Waals surface area (Å²) in [6.07, 6.45) is 0. The molecule has 0 radical (unpaired) electrons. The van der Waals surface area contributed by atoms with Gasteiger partial charge in [0.15, 0.2) is 5.96 Å². The Balaban J connectivity index is 0.00000420. The van der Waals surface area contributed by atoms with Gasteiger partial charge in [-0.2, -0.15) is 0 Å². The largest absolute Gasteiger partial charge is 0.396 e. The number of hydrogen-bond donors (Lipinski definition) is 3.